The average molecular weight is 279 g/mol. The van der Waals surface area contributed by atoms with Crippen molar-refractivity contribution < 1.29 is 0 Å². The number of nitrogens with zero attached hydrogens (tertiary/aromatic N) is 2. The fourth-order valence-corrected chi connectivity index (χ4v) is 2.04. The van der Waals surface area contributed by atoms with Gasteiger partial charge in [0.15, 0.2) is 0 Å². The van der Waals surface area contributed by atoms with Crippen molar-refractivity contribution in [1.29, 1.82) is 0 Å². The third-order valence-corrected chi connectivity index (χ3v) is 3.11. The summed E-state index contributed by atoms with van der Waals surface area (Å²) in [4.78, 5) is 8.42. The van der Waals surface area contributed by atoms with Gasteiger partial charge in [-0.2, -0.15) is 9.97 Å². The summed E-state index contributed by atoms with van der Waals surface area (Å²) in [6, 6.07) is 2.31. The number of hydrogen-bond acceptors (Lipinski definition) is 5. The van der Waals surface area contributed by atoms with Crippen molar-refractivity contribution in [2.45, 2.75) is 59.4 Å². The monoisotopic (exact) mass is 279 g/mol. The quantitative estimate of drug-likeness (QED) is 0.645. The standard InChI is InChI=1S/C15H29N5/c1-5-9-17-13-10-14(20-15(16)19-13)18-12(4)8-6-7-11(2)3/h10-12H,5-9H2,1-4H3,(H4,16,17,18,19,20). The topological polar surface area (TPSA) is 75.9 Å². The number of rotatable bonds is 9. The van der Waals surface area contributed by atoms with Crippen molar-refractivity contribution in [3.05, 3.63) is 6.07 Å². The molecule has 0 fully saturated rings. The number of nitrogens with one attached hydrogen (secondary N) is 2. The molecule has 0 saturated heterocycles. The highest BCUT2D eigenvalue weighted by molar-refractivity contribution is 5.51. The molecule has 5 nitrogen and oxygen atoms in total. The van der Waals surface area contributed by atoms with Crippen LogP contribution in [-0.4, -0.2) is 22.6 Å². The molecule has 0 saturated carbocycles. The molecule has 0 aliphatic heterocycles. The van der Waals surface area contributed by atoms with Crippen LogP contribution in [0.1, 0.15) is 53.4 Å². The van der Waals surface area contributed by atoms with Crippen LogP contribution in [0.25, 0.3) is 0 Å². The van der Waals surface area contributed by atoms with E-state index >= 15 is 0 Å². The number of nitrogen functional groups attached to an aromatic ring is 1. The summed E-state index contributed by atoms with van der Waals surface area (Å²) in [7, 11) is 0. The second-order valence-corrected chi connectivity index (χ2v) is 5.79. The Morgan fingerprint density at radius 3 is 2.50 bits per heavy atom. The van der Waals surface area contributed by atoms with Crippen LogP contribution in [0, 0.1) is 5.92 Å². The molecule has 20 heavy (non-hydrogen) atoms. The third kappa shape index (κ3) is 6.59. The molecule has 0 aliphatic rings. The van der Waals surface area contributed by atoms with E-state index in [1.165, 1.54) is 12.8 Å². The highest BCUT2D eigenvalue weighted by Crippen LogP contribution is 2.16. The predicted molar refractivity (Wildman–Crippen MR) is 87.0 cm³/mol. The van der Waals surface area contributed by atoms with Gasteiger partial charge in [0.1, 0.15) is 11.6 Å². The summed E-state index contributed by atoms with van der Waals surface area (Å²) >= 11 is 0. The van der Waals surface area contributed by atoms with Crippen LogP contribution in [0.4, 0.5) is 17.6 Å². The van der Waals surface area contributed by atoms with Crippen molar-refractivity contribution in [3.63, 3.8) is 0 Å². The van der Waals surface area contributed by atoms with E-state index < -0.39 is 0 Å². The minimum Gasteiger partial charge on any atom is -0.370 e. The summed E-state index contributed by atoms with van der Waals surface area (Å²) in [6.07, 6.45) is 4.69. The number of aromatic nitrogens is 2. The Morgan fingerprint density at radius 1 is 1.15 bits per heavy atom. The first-order valence-corrected chi connectivity index (χ1v) is 7.66. The van der Waals surface area contributed by atoms with Crippen LogP contribution in [0.5, 0.6) is 0 Å². The first kappa shape index (κ1) is 16.5. The average Bonchev–Trinajstić information content (AvgIpc) is 2.35. The Hall–Kier alpha value is -1.52. The van der Waals surface area contributed by atoms with E-state index in [0.717, 1.165) is 36.9 Å². The lowest BCUT2D eigenvalue weighted by Gasteiger charge is -2.16. The van der Waals surface area contributed by atoms with E-state index in [9.17, 15) is 0 Å². The van der Waals surface area contributed by atoms with Gasteiger partial charge in [0.05, 0.1) is 0 Å². The molecule has 0 bridgehead atoms. The SMILES string of the molecule is CCCNc1cc(NC(C)CCCC(C)C)nc(N)n1. The van der Waals surface area contributed by atoms with E-state index in [0.29, 0.717) is 12.0 Å². The molecule has 1 unspecified atom stereocenters. The molecule has 114 valence electrons. The zero-order chi connectivity index (χ0) is 15.0. The molecule has 0 amide bonds. The fraction of sp³-hybridized carbons (Fsp3) is 0.733. The molecule has 1 aromatic rings. The van der Waals surface area contributed by atoms with E-state index in [4.69, 9.17) is 5.73 Å². The largest absolute Gasteiger partial charge is 0.370 e. The van der Waals surface area contributed by atoms with Crippen molar-refractivity contribution in [3.8, 4) is 0 Å². The maximum absolute atomic E-state index is 5.74. The molecular weight excluding hydrogens is 250 g/mol. The van der Waals surface area contributed by atoms with Crippen LogP contribution < -0.4 is 16.4 Å². The zero-order valence-corrected chi connectivity index (χ0v) is 13.2. The van der Waals surface area contributed by atoms with E-state index in [1.807, 2.05) is 6.07 Å². The lowest BCUT2D eigenvalue weighted by atomic mass is 10.0. The fourth-order valence-electron chi connectivity index (χ4n) is 2.04. The molecule has 0 aliphatic carbocycles. The molecule has 0 spiro atoms. The van der Waals surface area contributed by atoms with Crippen LogP contribution in [-0.2, 0) is 0 Å². The van der Waals surface area contributed by atoms with Crippen molar-refractivity contribution >= 4 is 17.6 Å². The maximum atomic E-state index is 5.74. The Bertz CT molecular complexity index is 392. The highest BCUT2D eigenvalue weighted by Gasteiger charge is 2.06. The summed E-state index contributed by atoms with van der Waals surface area (Å²) in [5.74, 6) is 2.66. The highest BCUT2D eigenvalue weighted by atomic mass is 15.1. The maximum Gasteiger partial charge on any atom is 0.223 e. The Labute approximate surface area is 122 Å². The molecule has 4 N–H and O–H groups in total. The van der Waals surface area contributed by atoms with Crippen molar-refractivity contribution in [2.75, 3.05) is 22.9 Å². The van der Waals surface area contributed by atoms with E-state index in [1.54, 1.807) is 0 Å². The Morgan fingerprint density at radius 2 is 1.85 bits per heavy atom. The first-order valence-electron chi connectivity index (χ1n) is 7.66. The van der Waals surface area contributed by atoms with E-state index in [-0.39, 0.29) is 0 Å². The Kier molecular flexibility index (Phi) is 7.12. The molecule has 1 aromatic heterocycles. The molecule has 1 rings (SSSR count). The minimum atomic E-state index is 0.308. The van der Waals surface area contributed by atoms with Gasteiger partial charge >= 0.3 is 0 Å². The second kappa shape index (κ2) is 8.61. The molecular formula is C15H29N5. The predicted octanol–water partition coefficient (Wildman–Crippen LogP) is 3.51. The summed E-state index contributed by atoms with van der Waals surface area (Å²) < 4.78 is 0. The van der Waals surface area contributed by atoms with Gasteiger partial charge in [0.2, 0.25) is 5.95 Å². The van der Waals surface area contributed by atoms with Gasteiger partial charge in [0.25, 0.3) is 0 Å². The van der Waals surface area contributed by atoms with Gasteiger partial charge in [-0.3, -0.25) is 0 Å². The van der Waals surface area contributed by atoms with Gasteiger partial charge < -0.3 is 16.4 Å². The van der Waals surface area contributed by atoms with Crippen molar-refractivity contribution in [2.24, 2.45) is 5.92 Å². The van der Waals surface area contributed by atoms with Gasteiger partial charge in [-0.1, -0.05) is 33.6 Å². The normalized spacial score (nSPS) is 12.4. The molecule has 1 heterocycles. The van der Waals surface area contributed by atoms with Crippen LogP contribution >= 0.6 is 0 Å². The van der Waals surface area contributed by atoms with Gasteiger partial charge in [-0.15, -0.1) is 0 Å². The number of hydrogen-bond donors (Lipinski definition) is 3. The lowest BCUT2D eigenvalue weighted by Crippen LogP contribution is -2.17. The molecule has 1 atom stereocenters. The second-order valence-electron chi connectivity index (χ2n) is 5.79. The zero-order valence-electron chi connectivity index (χ0n) is 13.2. The van der Waals surface area contributed by atoms with Crippen LogP contribution in [0.15, 0.2) is 6.07 Å². The lowest BCUT2D eigenvalue weighted by molar-refractivity contribution is 0.520. The first-order chi connectivity index (χ1) is 9.51. The number of nitrogens with two attached hydrogens (primary N) is 1. The number of anilines is 3. The molecule has 0 radical (unpaired) electrons. The van der Waals surface area contributed by atoms with E-state index in [2.05, 4.69) is 48.3 Å². The smallest absolute Gasteiger partial charge is 0.223 e. The summed E-state index contributed by atoms with van der Waals surface area (Å²) in [6.45, 7) is 9.70. The van der Waals surface area contributed by atoms with Gasteiger partial charge in [-0.05, 0) is 25.7 Å². The third-order valence-electron chi connectivity index (χ3n) is 3.11. The van der Waals surface area contributed by atoms with Crippen molar-refractivity contribution in [1.82, 2.24) is 9.97 Å². The molecule has 5 heteroatoms. The van der Waals surface area contributed by atoms with Gasteiger partial charge in [-0.25, -0.2) is 0 Å². The van der Waals surface area contributed by atoms with Crippen LogP contribution in [0.2, 0.25) is 0 Å². The van der Waals surface area contributed by atoms with Gasteiger partial charge in [0, 0.05) is 18.7 Å². The minimum absolute atomic E-state index is 0.308. The Balaban J connectivity index is 2.51. The summed E-state index contributed by atoms with van der Waals surface area (Å²) in [5, 5.41) is 6.64. The molecule has 0 aromatic carbocycles. The summed E-state index contributed by atoms with van der Waals surface area (Å²) in [5.41, 5.74) is 5.74. The van der Waals surface area contributed by atoms with Crippen LogP contribution in [0.3, 0.4) is 0 Å².